The van der Waals surface area contributed by atoms with Crippen molar-refractivity contribution >= 4 is 23.6 Å². The van der Waals surface area contributed by atoms with Crippen LogP contribution in [0.2, 0.25) is 0 Å². The summed E-state index contributed by atoms with van der Waals surface area (Å²) in [6.45, 7) is -0.701. The largest absolute Gasteiger partial charge is 0.548 e. The number of aliphatic hydroxyl groups is 4. The molecule has 0 aromatic heterocycles. The molecule has 0 saturated carbocycles. The van der Waals surface area contributed by atoms with Gasteiger partial charge in [-0.1, -0.05) is 0 Å². The van der Waals surface area contributed by atoms with Gasteiger partial charge in [-0.05, 0) is 30.2 Å². The molecule has 1 aromatic carbocycles. The van der Waals surface area contributed by atoms with Crippen molar-refractivity contribution in [3.63, 3.8) is 0 Å². The van der Waals surface area contributed by atoms with Crippen molar-refractivity contribution in [3.05, 3.63) is 41.1 Å². The number of phenols is 1. The van der Waals surface area contributed by atoms with Crippen LogP contribution in [0.3, 0.4) is 0 Å². The Morgan fingerprint density at radius 3 is 2.46 bits per heavy atom. The Morgan fingerprint density at radius 1 is 1.13 bits per heavy atom. The molecule has 0 aliphatic carbocycles. The Hall–Kier alpha value is -3.73. The number of aliphatic carboxylic acids is 3. The van der Waals surface area contributed by atoms with Gasteiger partial charge in [0.15, 0.2) is 17.5 Å². The Morgan fingerprint density at radius 2 is 1.85 bits per heavy atom. The highest BCUT2D eigenvalue weighted by molar-refractivity contribution is 5.88. The predicted molar refractivity (Wildman–Crippen MR) is 123 cm³/mol. The molecule has 15 nitrogen and oxygen atoms in total. The third kappa shape index (κ3) is 5.68. The van der Waals surface area contributed by atoms with Gasteiger partial charge in [0.05, 0.1) is 18.6 Å². The van der Waals surface area contributed by atoms with Gasteiger partial charge in [-0.3, -0.25) is 4.90 Å². The smallest absolute Gasteiger partial charge is 0.363 e. The summed E-state index contributed by atoms with van der Waals surface area (Å²) in [6, 6.07) is 0.303. The van der Waals surface area contributed by atoms with E-state index >= 15 is 0 Å². The van der Waals surface area contributed by atoms with E-state index in [0.29, 0.717) is 21.7 Å². The third-order valence-electron chi connectivity index (χ3n) is 6.96. The average molecular weight is 552 g/mol. The number of aliphatic hydroxyl groups excluding tert-OH is 4. The number of carboxylic acids is 3. The van der Waals surface area contributed by atoms with E-state index in [9.17, 15) is 55.2 Å². The van der Waals surface area contributed by atoms with Crippen LogP contribution in [-0.4, -0.2) is 110 Å². The van der Waals surface area contributed by atoms with Crippen molar-refractivity contribution in [2.24, 2.45) is 0 Å². The van der Waals surface area contributed by atoms with Crippen LogP contribution in [0.15, 0.2) is 35.6 Å². The minimum Gasteiger partial charge on any atom is -0.548 e. The summed E-state index contributed by atoms with van der Waals surface area (Å²) in [7, 11) is 0. The summed E-state index contributed by atoms with van der Waals surface area (Å²) in [4.78, 5) is 35.2. The van der Waals surface area contributed by atoms with Gasteiger partial charge in [0.25, 0.3) is 0 Å². The summed E-state index contributed by atoms with van der Waals surface area (Å²) < 4.78 is 10.9. The number of carboxylic acid groups (broad SMARTS) is 3. The molecule has 4 rings (SSSR count). The lowest BCUT2D eigenvalue weighted by atomic mass is 9.99. The first kappa shape index (κ1) is 28.3. The van der Waals surface area contributed by atoms with Crippen LogP contribution in [0.5, 0.6) is 11.5 Å². The third-order valence-corrected chi connectivity index (χ3v) is 6.96. The van der Waals surface area contributed by atoms with Crippen molar-refractivity contribution in [1.82, 2.24) is 5.32 Å². The zero-order chi connectivity index (χ0) is 28.6. The molecule has 1 saturated heterocycles. The van der Waals surface area contributed by atoms with Gasteiger partial charge in [-0.15, -0.1) is 0 Å². The second-order valence-electron chi connectivity index (χ2n) is 9.48. The van der Waals surface area contributed by atoms with E-state index in [1.807, 2.05) is 0 Å². The number of quaternary nitrogens is 1. The first-order valence-electron chi connectivity index (χ1n) is 11.9. The van der Waals surface area contributed by atoms with E-state index in [0.717, 1.165) is 0 Å². The summed E-state index contributed by atoms with van der Waals surface area (Å²) in [5.74, 6) is -4.69. The maximum Gasteiger partial charge on any atom is 0.363 e. The minimum absolute atomic E-state index is 0.00721. The van der Waals surface area contributed by atoms with Crippen LogP contribution in [0.4, 0.5) is 5.69 Å². The first-order chi connectivity index (χ1) is 18.4. The molecule has 8 atom stereocenters. The molecule has 9 N–H and O–H groups in total. The van der Waals surface area contributed by atoms with E-state index in [2.05, 4.69) is 5.32 Å². The molecule has 1 aromatic rings. The number of phenolic OH excluding ortho intramolecular Hbond substituents is 1. The maximum absolute atomic E-state index is 12.0. The number of fused-ring (bicyclic) bond motifs is 1. The second-order valence-corrected chi connectivity index (χ2v) is 9.48. The van der Waals surface area contributed by atoms with Crippen molar-refractivity contribution in [1.29, 1.82) is 0 Å². The molecule has 212 valence electrons. The van der Waals surface area contributed by atoms with Crippen LogP contribution in [0.1, 0.15) is 12.0 Å². The number of carbonyl (C=O) groups is 3. The lowest BCUT2D eigenvalue weighted by molar-refractivity contribution is -0.838. The monoisotopic (exact) mass is 552 g/mol. The number of rotatable bonds is 8. The van der Waals surface area contributed by atoms with E-state index in [1.165, 1.54) is 24.3 Å². The molecular weight excluding hydrogens is 524 g/mol. The molecule has 15 heteroatoms. The molecule has 1 fully saturated rings. The highest BCUT2D eigenvalue weighted by Crippen LogP contribution is 2.36. The quantitative estimate of drug-likeness (QED) is 0.137. The standard InChI is InChI=1S/C24H28N2O13/c27-8-17-18(29)19(30)20(31)24(39-17)38-16-7-13-10(6-15(16)28)5-14(23(36)37)26(13)2-1-9-3-11(21(32)33)25-12(4-9)22(34)35/h1,3,6-7,12,14,17-20,24-25,27-31H,2,4-5,8H2,(H,32,33)(H,34,35)(H,36,37)/t12-,14+,17-,18-,19+,20-,24+/m1/s1. The van der Waals surface area contributed by atoms with Crippen molar-refractivity contribution < 1.29 is 69.6 Å². The van der Waals surface area contributed by atoms with Crippen LogP contribution in [0.25, 0.3) is 0 Å². The van der Waals surface area contributed by atoms with E-state index in [1.54, 1.807) is 0 Å². The van der Waals surface area contributed by atoms with Gasteiger partial charge in [0.2, 0.25) is 6.29 Å². The minimum atomic E-state index is -1.75. The molecule has 0 spiro atoms. The van der Waals surface area contributed by atoms with Gasteiger partial charge in [-0.25, -0.2) is 9.59 Å². The fourth-order valence-electron chi connectivity index (χ4n) is 4.89. The number of hydrogen-bond acceptors (Lipinski definition) is 12. The van der Waals surface area contributed by atoms with E-state index in [-0.39, 0.29) is 30.8 Å². The molecule has 0 amide bonds. The molecule has 3 aliphatic rings. The number of nitrogens with one attached hydrogen (secondary N) is 2. The van der Waals surface area contributed by atoms with Crippen LogP contribution < -0.4 is 20.1 Å². The van der Waals surface area contributed by atoms with Gasteiger partial charge in [0, 0.05) is 18.1 Å². The Bertz CT molecular complexity index is 1210. The molecule has 3 heterocycles. The lowest BCUT2D eigenvalue weighted by Crippen LogP contribution is -3.11. The summed E-state index contributed by atoms with van der Waals surface area (Å²) in [5.41, 5.74) is 0.842. The zero-order valence-electron chi connectivity index (χ0n) is 20.3. The predicted octanol–water partition coefficient (Wildman–Crippen LogP) is -4.90. The van der Waals surface area contributed by atoms with Gasteiger partial charge in [-0.2, -0.15) is 0 Å². The van der Waals surface area contributed by atoms with Crippen molar-refractivity contribution in [3.8, 4) is 11.5 Å². The molecular formula is C24H28N2O13. The number of allylic oxidation sites excluding steroid dienone is 1. The average Bonchev–Trinajstić information content (AvgIpc) is 3.24. The summed E-state index contributed by atoms with van der Waals surface area (Å²) >= 11 is 0. The molecule has 3 aliphatic heterocycles. The number of hydrogen-bond donors (Lipinski definition) is 9. The molecule has 39 heavy (non-hydrogen) atoms. The lowest BCUT2D eigenvalue weighted by Gasteiger charge is -2.39. The number of carbonyl (C=O) groups excluding carboxylic acids is 1. The second kappa shape index (κ2) is 11.2. The maximum atomic E-state index is 12.0. The first-order valence-corrected chi connectivity index (χ1v) is 11.9. The van der Waals surface area contributed by atoms with Crippen molar-refractivity contribution in [2.75, 3.05) is 13.2 Å². The Kier molecular flexibility index (Phi) is 8.10. The highest BCUT2D eigenvalue weighted by Gasteiger charge is 2.46. The molecule has 1 unspecified atom stereocenters. The topological polar surface area (TPSA) is 251 Å². The molecule has 0 radical (unpaired) electrons. The highest BCUT2D eigenvalue weighted by atomic mass is 16.7. The van der Waals surface area contributed by atoms with Gasteiger partial charge in [0.1, 0.15) is 42.3 Å². The number of benzene rings is 1. The number of aromatic hydroxyl groups is 1. The van der Waals surface area contributed by atoms with Crippen LogP contribution in [0, 0.1) is 0 Å². The van der Waals surface area contributed by atoms with E-state index < -0.39 is 73.1 Å². The summed E-state index contributed by atoms with van der Waals surface area (Å²) in [5, 5.41) is 83.0. The Labute approximate surface area is 220 Å². The van der Waals surface area contributed by atoms with Gasteiger partial charge >= 0.3 is 11.9 Å². The SMILES string of the molecule is O=C(O)C1=CC(=CC[NH+]2c3cc(O[C@H]4O[C@H](CO)[C@@H](O)[C@H](O)[C@H]4O)c(O)cc3C[C@H]2C(=O)O)C[C@H](C(=O)[O-])N1. The number of ether oxygens (including phenoxy) is 2. The van der Waals surface area contributed by atoms with Crippen LogP contribution >= 0.6 is 0 Å². The zero-order valence-corrected chi connectivity index (χ0v) is 20.3. The normalized spacial score (nSPS) is 33.1. The van der Waals surface area contributed by atoms with Crippen LogP contribution in [-0.2, 0) is 25.5 Å². The van der Waals surface area contributed by atoms with Gasteiger partial charge < -0.3 is 60.4 Å². The molecule has 0 bridgehead atoms. The van der Waals surface area contributed by atoms with Crippen molar-refractivity contribution in [2.45, 2.75) is 55.6 Å². The fraction of sp³-hybridized carbons (Fsp3) is 0.458. The fourth-order valence-corrected chi connectivity index (χ4v) is 4.89. The Balaban J connectivity index is 1.62. The summed E-state index contributed by atoms with van der Waals surface area (Å²) in [6.07, 6.45) is -5.25. The van der Waals surface area contributed by atoms with E-state index in [4.69, 9.17) is 9.47 Å².